The van der Waals surface area contributed by atoms with Gasteiger partial charge in [-0.15, -0.1) is 11.3 Å². The lowest BCUT2D eigenvalue weighted by atomic mass is 9.93. The minimum absolute atomic E-state index is 0.153. The zero-order valence-electron chi connectivity index (χ0n) is 11.8. The number of aliphatic hydroxyl groups is 1. The standard InChI is InChI=1S/C15H21N3OS/c1-11-5-6-12(20-11)9-16-14-3-2-4-15-13(14)10-17-18(15)7-8-19/h5-6,10,14,16,19H,2-4,7-9H2,1H3. The molecule has 2 heterocycles. The SMILES string of the molecule is Cc1ccc(CNC2CCCc3c2cnn3CCO)s1. The lowest BCUT2D eigenvalue weighted by molar-refractivity contribution is 0.266. The van der Waals surface area contributed by atoms with Crippen LogP contribution in [0.4, 0.5) is 0 Å². The molecule has 1 aliphatic carbocycles. The molecule has 0 saturated heterocycles. The number of aliphatic hydroxyl groups excluding tert-OH is 1. The van der Waals surface area contributed by atoms with Gasteiger partial charge in [-0.25, -0.2) is 0 Å². The van der Waals surface area contributed by atoms with E-state index in [9.17, 15) is 0 Å². The summed E-state index contributed by atoms with van der Waals surface area (Å²) in [5.74, 6) is 0. The van der Waals surface area contributed by atoms with Crippen molar-refractivity contribution in [1.29, 1.82) is 0 Å². The Balaban J connectivity index is 1.70. The largest absolute Gasteiger partial charge is 0.394 e. The normalized spacial score (nSPS) is 18.2. The Bertz CT molecular complexity index is 575. The first-order chi connectivity index (χ1) is 9.78. The predicted octanol–water partition coefficient (Wildman–Crippen LogP) is 2.41. The smallest absolute Gasteiger partial charge is 0.0644 e. The van der Waals surface area contributed by atoms with Crippen LogP contribution in [0.1, 0.15) is 39.9 Å². The molecule has 0 aliphatic heterocycles. The van der Waals surface area contributed by atoms with Crippen LogP contribution in [-0.4, -0.2) is 21.5 Å². The van der Waals surface area contributed by atoms with Crippen molar-refractivity contribution in [3.63, 3.8) is 0 Å². The number of nitrogens with zero attached hydrogens (tertiary/aromatic N) is 2. The van der Waals surface area contributed by atoms with E-state index >= 15 is 0 Å². The maximum atomic E-state index is 9.08. The first-order valence-electron chi connectivity index (χ1n) is 7.22. The van der Waals surface area contributed by atoms with Crippen LogP contribution in [0.2, 0.25) is 0 Å². The minimum atomic E-state index is 0.153. The Morgan fingerprint density at radius 1 is 1.50 bits per heavy atom. The number of thiophene rings is 1. The van der Waals surface area contributed by atoms with Crippen molar-refractivity contribution in [2.24, 2.45) is 0 Å². The molecule has 1 aliphatic rings. The molecule has 3 rings (SSSR count). The van der Waals surface area contributed by atoms with Crippen molar-refractivity contribution in [2.45, 2.75) is 45.3 Å². The summed E-state index contributed by atoms with van der Waals surface area (Å²) in [6.07, 6.45) is 5.40. The Kier molecular flexibility index (Phi) is 4.19. The van der Waals surface area contributed by atoms with Crippen LogP contribution in [0.5, 0.6) is 0 Å². The molecule has 0 saturated carbocycles. The van der Waals surface area contributed by atoms with Crippen molar-refractivity contribution in [3.05, 3.63) is 39.3 Å². The third-order valence-electron chi connectivity index (χ3n) is 3.89. The zero-order valence-corrected chi connectivity index (χ0v) is 12.6. The number of aryl methyl sites for hydroxylation is 1. The van der Waals surface area contributed by atoms with Gasteiger partial charge < -0.3 is 10.4 Å². The molecule has 1 atom stereocenters. The van der Waals surface area contributed by atoms with E-state index in [1.807, 2.05) is 22.2 Å². The molecule has 2 aromatic heterocycles. The first-order valence-corrected chi connectivity index (χ1v) is 8.03. The van der Waals surface area contributed by atoms with Crippen LogP contribution in [0, 0.1) is 6.92 Å². The summed E-state index contributed by atoms with van der Waals surface area (Å²) in [5, 5.41) is 17.2. The molecule has 108 valence electrons. The maximum Gasteiger partial charge on any atom is 0.0644 e. The third-order valence-corrected chi connectivity index (χ3v) is 4.89. The fourth-order valence-corrected chi connectivity index (χ4v) is 3.76. The lowest BCUT2D eigenvalue weighted by Crippen LogP contribution is -2.25. The van der Waals surface area contributed by atoms with Crippen molar-refractivity contribution >= 4 is 11.3 Å². The Morgan fingerprint density at radius 2 is 2.40 bits per heavy atom. The Hall–Kier alpha value is -1.17. The van der Waals surface area contributed by atoms with Crippen LogP contribution in [0.25, 0.3) is 0 Å². The molecule has 0 amide bonds. The minimum Gasteiger partial charge on any atom is -0.394 e. The molecule has 0 spiro atoms. The Morgan fingerprint density at radius 3 is 3.15 bits per heavy atom. The highest BCUT2D eigenvalue weighted by Gasteiger charge is 2.23. The lowest BCUT2D eigenvalue weighted by Gasteiger charge is -2.24. The second-order valence-electron chi connectivity index (χ2n) is 5.33. The fourth-order valence-electron chi connectivity index (χ4n) is 2.92. The summed E-state index contributed by atoms with van der Waals surface area (Å²) >= 11 is 1.85. The zero-order chi connectivity index (χ0) is 13.9. The van der Waals surface area contributed by atoms with Gasteiger partial charge in [0.05, 0.1) is 19.3 Å². The fraction of sp³-hybridized carbons (Fsp3) is 0.533. The second kappa shape index (κ2) is 6.08. The molecule has 4 nitrogen and oxygen atoms in total. The van der Waals surface area contributed by atoms with E-state index < -0.39 is 0 Å². The first kappa shape index (κ1) is 13.8. The van der Waals surface area contributed by atoms with Crippen molar-refractivity contribution in [2.75, 3.05) is 6.61 Å². The number of nitrogens with one attached hydrogen (secondary N) is 1. The molecular formula is C15H21N3OS. The van der Waals surface area contributed by atoms with Crippen molar-refractivity contribution in [3.8, 4) is 0 Å². The molecule has 20 heavy (non-hydrogen) atoms. The summed E-state index contributed by atoms with van der Waals surface area (Å²) in [5.41, 5.74) is 2.61. The Labute approximate surface area is 123 Å². The topological polar surface area (TPSA) is 50.1 Å². The summed E-state index contributed by atoms with van der Waals surface area (Å²) in [6, 6.07) is 4.77. The van der Waals surface area contributed by atoms with Gasteiger partial charge in [0.1, 0.15) is 0 Å². The molecule has 5 heteroatoms. The third kappa shape index (κ3) is 2.80. The highest BCUT2D eigenvalue weighted by molar-refractivity contribution is 7.11. The molecule has 1 unspecified atom stereocenters. The highest BCUT2D eigenvalue weighted by atomic mass is 32.1. The van der Waals surface area contributed by atoms with E-state index in [0.29, 0.717) is 12.6 Å². The van der Waals surface area contributed by atoms with E-state index in [4.69, 9.17) is 5.11 Å². The summed E-state index contributed by atoms with van der Waals surface area (Å²) in [7, 11) is 0. The summed E-state index contributed by atoms with van der Waals surface area (Å²) in [4.78, 5) is 2.75. The van der Waals surface area contributed by atoms with Crippen LogP contribution in [-0.2, 0) is 19.5 Å². The summed E-state index contributed by atoms with van der Waals surface area (Å²) < 4.78 is 1.96. The molecule has 0 aromatic carbocycles. The van der Waals surface area contributed by atoms with E-state index in [0.717, 1.165) is 13.0 Å². The number of rotatable bonds is 5. The van der Waals surface area contributed by atoms with E-state index in [1.54, 1.807) is 0 Å². The van der Waals surface area contributed by atoms with Gasteiger partial charge in [-0.1, -0.05) is 0 Å². The maximum absolute atomic E-state index is 9.08. The second-order valence-corrected chi connectivity index (χ2v) is 6.70. The molecular weight excluding hydrogens is 270 g/mol. The van der Waals surface area contributed by atoms with Gasteiger partial charge in [0.2, 0.25) is 0 Å². The average molecular weight is 291 g/mol. The van der Waals surface area contributed by atoms with E-state index in [2.05, 4.69) is 29.5 Å². The number of aromatic nitrogens is 2. The van der Waals surface area contributed by atoms with Gasteiger partial charge in [-0.2, -0.15) is 5.10 Å². The monoisotopic (exact) mass is 291 g/mol. The van der Waals surface area contributed by atoms with Gasteiger partial charge in [-0.3, -0.25) is 4.68 Å². The predicted molar refractivity (Wildman–Crippen MR) is 80.9 cm³/mol. The quantitative estimate of drug-likeness (QED) is 0.889. The van der Waals surface area contributed by atoms with E-state index in [-0.39, 0.29) is 6.61 Å². The van der Waals surface area contributed by atoms with Crippen molar-refractivity contribution in [1.82, 2.24) is 15.1 Å². The molecule has 0 bridgehead atoms. The number of hydrogen-bond acceptors (Lipinski definition) is 4. The molecule has 2 N–H and O–H groups in total. The molecule has 2 aromatic rings. The van der Waals surface area contributed by atoms with Gasteiger partial charge in [0.15, 0.2) is 0 Å². The number of hydrogen-bond donors (Lipinski definition) is 2. The highest BCUT2D eigenvalue weighted by Crippen LogP contribution is 2.30. The van der Waals surface area contributed by atoms with E-state index in [1.165, 1.54) is 33.9 Å². The molecule has 0 fully saturated rings. The molecule has 0 radical (unpaired) electrons. The van der Waals surface area contributed by atoms with Crippen LogP contribution < -0.4 is 5.32 Å². The van der Waals surface area contributed by atoms with Crippen molar-refractivity contribution < 1.29 is 5.11 Å². The van der Waals surface area contributed by atoms with Crippen LogP contribution in [0.15, 0.2) is 18.3 Å². The van der Waals surface area contributed by atoms with Crippen LogP contribution in [0.3, 0.4) is 0 Å². The van der Waals surface area contributed by atoms with Gasteiger partial charge >= 0.3 is 0 Å². The van der Waals surface area contributed by atoms with Gasteiger partial charge in [0.25, 0.3) is 0 Å². The van der Waals surface area contributed by atoms with Gasteiger partial charge in [0, 0.05) is 33.6 Å². The average Bonchev–Trinajstić information content (AvgIpc) is 3.04. The summed E-state index contributed by atoms with van der Waals surface area (Å²) in [6.45, 7) is 3.83. The van der Waals surface area contributed by atoms with Gasteiger partial charge in [-0.05, 0) is 38.3 Å². The van der Waals surface area contributed by atoms with Crippen LogP contribution >= 0.6 is 11.3 Å². The number of fused-ring (bicyclic) bond motifs is 1.